The van der Waals surface area contributed by atoms with Crippen molar-refractivity contribution in [3.63, 3.8) is 0 Å². The molecule has 1 aliphatic heterocycles. The van der Waals surface area contributed by atoms with Crippen LogP contribution in [0.3, 0.4) is 0 Å². The van der Waals surface area contributed by atoms with E-state index in [4.69, 9.17) is 0 Å². The Morgan fingerprint density at radius 3 is 2.62 bits per heavy atom. The minimum absolute atomic E-state index is 0.812. The summed E-state index contributed by atoms with van der Waals surface area (Å²) in [5.41, 5.74) is 2.56. The molecule has 0 aromatic heterocycles. The summed E-state index contributed by atoms with van der Waals surface area (Å²) in [4.78, 5) is 6.87. The van der Waals surface area contributed by atoms with Crippen LogP contribution in [0.4, 0.5) is 0 Å². The maximum atomic E-state index is 4.57. The van der Waals surface area contributed by atoms with Gasteiger partial charge in [0.15, 0.2) is 5.96 Å². The Labute approximate surface area is 133 Å². The summed E-state index contributed by atoms with van der Waals surface area (Å²) >= 11 is 3.61. The number of benzene rings is 2. The molecule has 21 heavy (non-hydrogen) atoms. The van der Waals surface area contributed by atoms with Gasteiger partial charge in [-0.25, -0.2) is 0 Å². The van der Waals surface area contributed by atoms with Crippen LogP contribution in [0.25, 0.3) is 0 Å². The molecule has 0 fully saturated rings. The summed E-state index contributed by atoms with van der Waals surface area (Å²) < 4.78 is 1.15. The molecule has 1 aliphatic rings. The Morgan fingerprint density at radius 2 is 1.81 bits per heavy atom. The highest BCUT2D eigenvalue weighted by molar-refractivity contribution is 9.10. The summed E-state index contributed by atoms with van der Waals surface area (Å²) in [7, 11) is 0. The van der Waals surface area contributed by atoms with Gasteiger partial charge in [-0.1, -0.05) is 64.5 Å². The SMILES string of the molecule is Brc1ccccc1CN1CCN=C1NCc1ccccc1. The molecule has 3 nitrogen and oxygen atoms in total. The number of hydrogen-bond acceptors (Lipinski definition) is 3. The zero-order valence-electron chi connectivity index (χ0n) is 11.8. The number of guanidine groups is 1. The lowest BCUT2D eigenvalue weighted by Gasteiger charge is -2.22. The predicted octanol–water partition coefficient (Wildman–Crippen LogP) is 3.41. The molecule has 2 aromatic carbocycles. The first kappa shape index (κ1) is 14.1. The number of nitrogens with zero attached hydrogens (tertiary/aromatic N) is 2. The van der Waals surface area contributed by atoms with Gasteiger partial charge in [0.25, 0.3) is 0 Å². The molecule has 0 atom stereocenters. The Bertz CT molecular complexity index is 625. The molecule has 0 unspecified atom stereocenters. The van der Waals surface area contributed by atoms with E-state index in [0.717, 1.165) is 36.6 Å². The van der Waals surface area contributed by atoms with E-state index < -0.39 is 0 Å². The van der Waals surface area contributed by atoms with Crippen LogP contribution in [0.2, 0.25) is 0 Å². The van der Waals surface area contributed by atoms with Crippen molar-refractivity contribution in [2.45, 2.75) is 13.1 Å². The average Bonchev–Trinajstić information content (AvgIpc) is 2.96. The van der Waals surface area contributed by atoms with Crippen molar-refractivity contribution in [1.29, 1.82) is 0 Å². The summed E-state index contributed by atoms with van der Waals surface area (Å²) in [6.07, 6.45) is 0. The van der Waals surface area contributed by atoms with Gasteiger partial charge in [0.1, 0.15) is 0 Å². The van der Waals surface area contributed by atoms with Crippen molar-refractivity contribution in [2.75, 3.05) is 13.1 Å². The number of nitrogens with one attached hydrogen (secondary N) is 1. The number of rotatable bonds is 4. The molecule has 3 rings (SSSR count). The van der Waals surface area contributed by atoms with Gasteiger partial charge in [-0.2, -0.15) is 0 Å². The molecular weight excluding hydrogens is 326 g/mol. The quantitative estimate of drug-likeness (QED) is 0.921. The van der Waals surface area contributed by atoms with Gasteiger partial charge in [-0.05, 0) is 17.2 Å². The van der Waals surface area contributed by atoms with Crippen LogP contribution in [0, 0.1) is 0 Å². The maximum Gasteiger partial charge on any atom is 0.194 e. The average molecular weight is 344 g/mol. The summed E-state index contributed by atoms with van der Waals surface area (Å²) in [6.45, 7) is 3.52. The molecule has 0 spiro atoms. The normalized spacial score (nSPS) is 14.1. The fraction of sp³-hybridized carbons (Fsp3) is 0.235. The van der Waals surface area contributed by atoms with Gasteiger partial charge < -0.3 is 10.2 Å². The molecule has 0 saturated heterocycles. The molecule has 108 valence electrons. The monoisotopic (exact) mass is 343 g/mol. The van der Waals surface area contributed by atoms with E-state index in [1.54, 1.807) is 0 Å². The fourth-order valence-electron chi connectivity index (χ4n) is 2.41. The zero-order chi connectivity index (χ0) is 14.5. The lowest BCUT2D eigenvalue weighted by atomic mass is 10.2. The van der Waals surface area contributed by atoms with Crippen molar-refractivity contribution < 1.29 is 0 Å². The largest absolute Gasteiger partial charge is 0.352 e. The van der Waals surface area contributed by atoms with Crippen LogP contribution in [0.1, 0.15) is 11.1 Å². The molecule has 0 saturated carbocycles. The van der Waals surface area contributed by atoms with Crippen molar-refractivity contribution >= 4 is 21.9 Å². The predicted molar refractivity (Wildman–Crippen MR) is 90.1 cm³/mol. The van der Waals surface area contributed by atoms with Crippen LogP contribution in [-0.2, 0) is 13.1 Å². The van der Waals surface area contributed by atoms with Crippen LogP contribution < -0.4 is 5.32 Å². The Hall–Kier alpha value is -1.81. The topological polar surface area (TPSA) is 27.6 Å². The second-order valence-corrected chi connectivity index (χ2v) is 5.91. The van der Waals surface area contributed by atoms with Crippen molar-refractivity contribution in [3.05, 3.63) is 70.2 Å². The molecule has 0 radical (unpaired) electrons. The van der Waals surface area contributed by atoms with E-state index in [1.807, 2.05) is 12.1 Å². The Kier molecular flexibility index (Phi) is 4.55. The summed E-state index contributed by atoms with van der Waals surface area (Å²) in [5, 5.41) is 3.45. The van der Waals surface area contributed by atoms with Gasteiger partial charge in [-0.3, -0.25) is 4.99 Å². The van der Waals surface area contributed by atoms with Gasteiger partial charge in [0, 0.05) is 24.1 Å². The minimum atomic E-state index is 0.812. The lowest BCUT2D eigenvalue weighted by Crippen LogP contribution is -2.37. The highest BCUT2D eigenvalue weighted by Crippen LogP contribution is 2.18. The zero-order valence-corrected chi connectivity index (χ0v) is 13.4. The van der Waals surface area contributed by atoms with Gasteiger partial charge in [0.05, 0.1) is 6.54 Å². The van der Waals surface area contributed by atoms with E-state index in [0.29, 0.717) is 0 Å². The van der Waals surface area contributed by atoms with Gasteiger partial charge >= 0.3 is 0 Å². The first-order chi connectivity index (χ1) is 10.3. The van der Waals surface area contributed by atoms with E-state index >= 15 is 0 Å². The molecule has 0 bridgehead atoms. The standard InChI is InChI=1S/C17H18BrN3/c18-16-9-5-4-8-15(16)13-21-11-10-19-17(21)20-12-14-6-2-1-3-7-14/h1-9H,10-13H2,(H,19,20). The van der Waals surface area contributed by atoms with Crippen molar-refractivity contribution in [3.8, 4) is 0 Å². The molecule has 1 N–H and O–H groups in total. The number of aliphatic imine (C=N–C) groups is 1. The molecule has 0 aliphatic carbocycles. The molecular formula is C17H18BrN3. The van der Waals surface area contributed by atoms with Gasteiger partial charge in [0.2, 0.25) is 0 Å². The first-order valence-electron chi connectivity index (χ1n) is 7.13. The highest BCUT2D eigenvalue weighted by Gasteiger charge is 2.17. The van der Waals surface area contributed by atoms with Gasteiger partial charge in [-0.15, -0.1) is 0 Å². The number of hydrogen-bond donors (Lipinski definition) is 1. The summed E-state index contributed by atoms with van der Waals surface area (Å²) in [6, 6.07) is 18.8. The molecule has 4 heteroatoms. The summed E-state index contributed by atoms with van der Waals surface area (Å²) in [5.74, 6) is 0.995. The van der Waals surface area contributed by atoms with Crippen LogP contribution in [0.5, 0.6) is 0 Å². The Balaban J connectivity index is 1.62. The van der Waals surface area contributed by atoms with E-state index in [9.17, 15) is 0 Å². The van der Waals surface area contributed by atoms with Crippen molar-refractivity contribution in [2.24, 2.45) is 4.99 Å². The van der Waals surface area contributed by atoms with Crippen molar-refractivity contribution in [1.82, 2.24) is 10.2 Å². The smallest absolute Gasteiger partial charge is 0.194 e. The maximum absolute atomic E-state index is 4.57. The number of halogens is 1. The second kappa shape index (κ2) is 6.76. The van der Waals surface area contributed by atoms with Crippen LogP contribution in [0.15, 0.2) is 64.1 Å². The van der Waals surface area contributed by atoms with Crippen LogP contribution >= 0.6 is 15.9 Å². The lowest BCUT2D eigenvalue weighted by molar-refractivity contribution is 0.436. The third kappa shape index (κ3) is 3.64. The molecule has 2 aromatic rings. The second-order valence-electron chi connectivity index (χ2n) is 5.06. The highest BCUT2D eigenvalue weighted by atomic mass is 79.9. The molecule has 0 amide bonds. The minimum Gasteiger partial charge on any atom is -0.352 e. The van der Waals surface area contributed by atoms with E-state index in [-0.39, 0.29) is 0 Å². The van der Waals surface area contributed by atoms with E-state index in [1.165, 1.54) is 11.1 Å². The third-order valence-electron chi connectivity index (χ3n) is 3.54. The Morgan fingerprint density at radius 1 is 1.05 bits per heavy atom. The fourth-order valence-corrected chi connectivity index (χ4v) is 2.82. The molecule has 1 heterocycles. The first-order valence-corrected chi connectivity index (χ1v) is 7.93. The third-order valence-corrected chi connectivity index (χ3v) is 4.32. The van der Waals surface area contributed by atoms with E-state index in [2.05, 4.69) is 73.6 Å². The van der Waals surface area contributed by atoms with Crippen LogP contribution in [-0.4, -0.2) is 23.9 Å².